The van der Waals surface area contributed by atoms with Crippen LogP contribution in [0.25, 0.3) is 0 Å². The number of benzene rings is 2. The van der Waals surface area contributed by atoms with Crippen LogP contribution in [0.4, 0.5) is 0 Å². The third kappa shape index (κ3) is 5.31. The van der Waals surface area contributed by atoms with Crippen LogP contribution in [0.1, 0.15) is 18.9 Å². The molecule has 27 heavy (non-hydrogen) atoms. The molecule has 142 valence electrons. The second-order valence-corrected chi connectivity index (χ2v) is 7.65. The van der Waals surface area contributed by atoms with Gasteiger partial charge >= 0.3 is 0 Å². The van der Waals surface area contributed by atoms with E-state index < -0.39 is 0 Å². The van der Waals surface area contributed by atoms with E-state index in [1.54, 1.807) is 30.0 Å². The zero-order valence-corrected chi connectivity index (χ0v) is 17.3. The van der Waals surface area contributed by atoms with Crippen molar-refractivity contribution in [2.75, 3.05) is 12.4 Å². The van der Waals surface area contributed by atoms with Gasteiger partial charge in [0.1, 0.15) is 11.5 Å². The predicted molar refractivity (Wildman–Crippen MR) is 109 cm³/mol. The molecule has 0 fully saturated rings. The van der Waals surface area contributed by atoms with Gasteiger partial charge < -0.3 is 14.0 Å². The first-order valence-corrected chi connectivity index (χ1v) is 10.1. The number of ether oxygens (including phenoxy) is 2. The molecule has 1 atom stereocenters. The summed E-state index contributed by atoms with van der Waals surface area (Å²) in [5, 5.41) is 10.6. The Hall–Kier alpha value is -1.89. The van der Waals surface area contributed by atoms with E-state index in [1.807, 2.05) is 48.9 Å². The number of halogens is 2. The van der Waals surface area contributed by atoms with E-state index in [9.17, 15) is 0 Å². The molecule has 1 aromatic heterocycles. The van der Waals surface area contributed by atoms with E-state index in [2.05, 4.69) is 10.2 Å². The van der Waals surface area contributed by atoms with Gasteiger partial charge in [-0.15, -0.1) is 10.2 Å². The lowest BCUT2D eigenvalue weighted by atomic mass is 10.3. The largest absolute Gasteiger partial charge is 0.493 e. The predicted octanol–water partition coefficient (Wildman–Crippen LogP) is 5.43. The second-order valence-electron chi connectivity index (χ2n) is 5.74. The van der Waals surface area contributed by atoms with E-state index in [-0.39, 0.29) is 6.10 Å². The molecule has 3 aromatic rings. The van der Waals surface area contributed by atoms with Crippen molar-refractivity contribution in [2.45, 2.75) is 18.2 Å². The Kier molecular flexibility index (Phi) is 6.88. The molecule has 0 amide bonds. The van der Waals surface area contributed by atoms with Crippen LogP contribution in [0, 0.1) is 0 Å². The van der Waals surface area contributed by atoms with Gasteiger partial charge in [-0.25, -0.2) is 0 Å². The lowest BCUT2D eigenvalue weighted by molar-refractivity contribution is 0.211. The minimum absolute atomic E-state index is 0.276. The Morgan fingerprint density at radius 1 is 1.07 bits per heavy atom. The fourth-order valence-corrected chi connectivity index (χ4v) is 3.45. The first-order valence-electron chi connectivity index (χ1n) is 8.36. The summed E-state index contributed by atoms with van der Waals surface area (Å²) < 4.78 is 13.5. The van der Waals surface area contributed by atoms with Crippen LogP contribution in [0.5, 0.6) is 11.5 Å². The number of thioether (sulfide) groups is 1. The van der Waals surface area contributed by atoms with Gasteiger partial charge in [-0.05, 0) is 43.3 Å². The van der Waals surface area contributed by atoms with Crippen LogP contribution in [-0.2, 0) is 7.05 Å². The number of hydrogen-bond acceptors (Lipinski definition) is 5. The quantitative estimate of drug-likeness (QED) is 0.356. The highest BCUT2D eigenvalue weighted by atomic mass is 35.5. The zero-order chi connectivity index (χ0) is 19.2. The van der Waals surface area contributed by atoms with Crippen LogP contribution in [0.15, 0.2) is 53.7 Å². The Labute approximate surface area is 172 Å². The van der Waals surface area contributed by atoms with Crippen molar-refractivity contribution in [3.63, 3.8) is 0 Å². The van der Waals surface area contributed by atoms with Gasteiger partial charge in [0.05, 0.1) is 11.6 Å². The fourth-order valence-electron chi connectivity index (χ4n) is 2.41. The van der Waals surface area contributed by atoms with Crippen LogP contribution >= 0.6 is 35.0 Å². The molecule has 0 N–H and O–H groups in total. The summed E-state index contributed by atoms with van der Waals surface area (Å²) in [7, 11) is 1.92. The first kappa shape index (κ1) is 19.9. The van der Waals surface area contributed by atoms with Crippen molar-refractivity contribution in [3.8, 4) is 11.5 Å². The minimum atomic E-state index is -0.276. The van der Waals surface area contributed by atoms with E-state index in [4.69, 9.17) is 32.7 Å². The summed E-state index contributed by atoms with van der Waals surface area (Å²) in [4.78, 5) is 0. The first-order chi connectivity index (χ1) is 13.0. The zero-order valence-electron chi connectivity index (χ0n) is 14.9. The molecular formula is C19H19Cl2N3O2S. The molecule has 5 nitrogen and oxygen atoms in total. The van der Waals surface area contributed by atoms with E-state index in [1.165, 1.54) is 0 Å². The second kappa shape index (κ2) is 9.35. The lowest BCUT2D eigenvalue weighted by Crippen LogP contribution is -2.10. The highest BCUT2D eigenvalue weighted by molar-refractivity contribution is 7.99. The Balaban J connectivity index is 1.53. The summed E-state index contributed by atoms with van der Waals surface area (Å²) in [5.74, 6) is 2.89. The third-order valence-corrected chi connectivity index (χ3v) is 5.32. The molecule has 2 aromatic carbocycles. The van der Waals surface area contributed by atoms with Gasteiger partial charge in [0.2, 0.25) is 0 Å². The summed E-state index contributed by atoms with van der Waals surface area (Å²) in [6.07, 6.45) is -0.276. The van der Waals surface area contributed by atoms with Gasteiger partial charge in [0.15, 0.2) is 17.1 Å². The molecule has 0 bridgehead atoms. The van der Waals surface area contributed by atoms with Crippen LogP contribution < -0.4 is 9.47 Å². The molecule has 0 saturated heterocycles. The summed E-state index contributed by atoms with van der Waals surface area (Å²) in [6, 6.07) is 14.7. The molecule has 0 aliphatic carbocycles. The van der Waals surface area contributed by atoms with Gasteiger partial charge in [-0.3, -0.25) is 0 Å². The molecule has 1 heterocycles. The van der Waals surface area contributed by atoms with Crippen LogP contribution in [0.2, 0.25) is 10.0 Å². The van der Waals surface area contributed by atoms with Crippen LogP contribution in [-0.4, -0.2) is 27.1 Å². The molecule has 0 aliphatic rings. The monoisotopic (exact) mass is 423 g/mol. The average Bonchev–Trinajstić information content (AvgIpc) is 3.03. The van der Waals surface area contributed by atoms with E-state index >= 15 is 0 Å². The number of rotatable bonds is 8. The van der Waals surface area contributed by atoms with Crippen molar-refractivity contribution in [1.29, 1.82) is 0 Å². The molecular weight excluding hydrogens is 405 g/mol. The Bertz CT molecular complexity index is 887. The number of aromatic nitrogens is 3. The summed E-state index contributed by atoms with van der Waals surface area (Å²) in [5.41, 5.74) is 0. The standard InChI is InChI=1S/C19H19Cl2N3O2S/c1-13(26-17-6-4-3-5-16(17)21)18-22-23-19(24(18)2)27-12-11-25-15-9-7-14(20)8-10-15/h3-10,13H,11-12H2,1-2H3. The molecule has 0 spiro atoms. The number of nitrogens with zero attached hydrogens (tertiary/aromatic N) is 3. The van der Waals surface area contributed by atoms with Crippen molar-refractivity contribution in [2.24, 2.45) is 7.05 Å². The summed E-state index contributed by atoms with van der Waals surface area (Å²) >= 11 is 13.6. The molecule has 8 heteroatoms. The van der Waals surface area contributed by atoms with Crippen molar-refractivity contribution < 1.29 is 9.47 Å². The number of hydrogen-bond donors (Lipinski definition) is 0. The Morgan fingerprint density at radius 3 is 2.56 bits per heavy atom. The van der Waals surface area contributed by atoms with Crippen molar-refractivity contribution in [3.05, 3.63) is 64.4 Å². The van der Waals surface area contributed by atoms with Gasteiger partial charge in [0.25, 0.3) is 0 Å². The summed E-state index contributed by atoms with van der Waals surface area (Å²) in [6.45, 7) is 2.48. The van der Waals surface area contributed by atoms with Gasteiger partial charge in [0, 0.05) is 17.8 Å². The third-order valence-electron chi connectivity index (χ3n) is 3.77. The fraction of sp³-hybridized carbons (Fsp3) is 0.263. The van der Waals surface area contributed by atoms with E-state index in [0.29, 0.717) is 22.4 Å². The average molecular weight is 424 g/mol. The maximum atomic E-state index is 6.15. The highest BCUT2D eigenvalue weighted by Crippen LogP contribution is 2.29. The number of para-hydroxylation sites is 1. The highest BCUT2D eigenvalue weighted by Gasteiger charge is 2.18. The lowest BCUT2D eigenvalue weighted by Gasteiger charge is -2.15. The van der Waals surface area contributed by atoms with Gasteiger partial charge in [-0.2, -0.15) is 0 Å². The van der Waals surface area contributed by atoms with Gasteiger partial charge in [-0.1, -0.05) is 47.1 Å². The Morgan fingerprint density at radius 2 is 1.81 bits per heavy atom. The molecule has 3 rings (SSSR count). The smallest absolute Gasteiger partial charge is 0.191 e. The normalized spacial score (nSPS) is 12.0. The SMILES string of the molecule is CC(Oc1ccccc1Cl)c1nnc(SCCOc2ccc(Cl)cc2)n1C. The minimum Gasteiger partial charge on any atom is -0.493 e. The molecule has 0 radical (unpaired) electrons. The van der Waals surface area contributed by atoms with E-state index in [0.717, 1.165) is 22.5 Å². The maximum Gasteiger partial charge on any atom is 0.191 e. The van der Waals surface area contributed by atoms with Crippen LogP contribution in [0.3, 0.4) is 0 Å². The molecule has 1 unspecified atom stereocenters. The molecule has 0 aliphatic heterocycles. The molecule has 0 saturated carbocycles. The van der Waals surface area contributed by atoms with Crippen molar-refractivity contribution >= 4 is 35.0 Å². The topological polar surface area (TPSA) is 49.2 Å². The van der Waals surface area contributed by atoms with Crippen molar-refractivity contribution in [1.82, 2.24) is 14.8 Å². The maximum absolute atomic E-state index is 6.15.